The number of hydrogen-bond acceptors (Lipinski definition) is 3. The van der Waals surface area contributed by atoms with Gasteiger partial charge in [-0.1, -0.05) is 6.07 Å². The number of nitrogens with one attached hydrogen (secondary N) is 2. The van der Waals surface area contributed by atoms with Gasteiger partial charge in [-0.3, -0.25) is 18.9 Å². The Balaban J connectivity index is 2.94. The van der Waals surface area contributed by atoms with Gasteiger partial charge in [0.05, 0.1) is 32.4 Å². The smallest absolute Gasteiger partial charge is 0.324 e. The third-order valence-corrected chi connectivity index (χ3v) is 3.67. The molecule has 2 rings (SSSR count). The van der Waals surface area contributed by atoms with E-state index in [1.165, 1.54) is 18.2 Å². The molecule has 0 saturated heterocycles. The van der Waals surface area contributed by atoms with Crippen LogP contribution in [0, 0.1) is 0 Å². The number of benzene rings is 1. The Hall–Kier alpha value is -3.14. The van der Waals surface area contributed by atoms with Crippen molar-refractivity contribution in [2.45, 2.75) is 6.18 Å². The number of quaternary nitrogens is 1. The average molecular weight is 383 g/mol. The van der Waals surface area contributed by atoms with E-state index in [1.54, 1.807) is 21.1 Å². The van der Waals surface area contributed by atoms with Crippen LogP contribution in [-0.4, -0.2) is 38.5 Å². The van der Waals surface area contributed by atoms with Crippen LogP contribution in [-0.2, 0) is 15.8 Å². The van der Waals surface area contributed by atoms with Gasteiger partial charge in [0.1, 0.15) is 11.4 Å². The number of aromatic nitrogens is 1. The first-order chi connectivity index (χ1) is 12.5. The summed E-state index contributed by atoms with van der Waals surface area (Å²) in [6, 6.07) is 5.49. The predicted molar refractivity (Wildman–Crippen MR) is 96.0 cm³/mol. The van der Waals surface area contributed by atoms with Crippen molar-refractivity contribution in [3.63, 3.8) is 0 Å². The molecule has 27 heavy (non-hydrogen) atoms. The zero-order chi connectivity index (χ0) is 20.4. The Morgan fingerprint density at radius 3 is 2.11 bits per heavy atom. The number of nitrogens with zero attached hydrogens (tertiary/aromatic N) is 2. The van der Waals surface area contributed by atoms with Gasteiger partial charge >= 0.3 is 6.18 Å². The molecule has 144 valence electrons. The van der Waals surface area contributed by atoms with Gasteiger partial charge in [-0.15, -0.1) is 0 Å². The summed E-state index contributed by atoms with van der Waals surface area (Å²) in [7, 11) is 5.05. The van der Waals surface area contributed by atoms with Gasteiger partial charge in [0.2, 0.25) is 18.6 Å². The molecule has 0 radical (unpaired) electrons. The lowest BCUT2D eigenvalue weighted by Gasteiger charge is -2.29. The molecule has 0 unspecified atom stereocenters. The topological polar surface area (TPSA) is 80.2 Å². The maximum absolute atomic E-state index is 13.1. The van der Waals surface area contributed by atoms with Crippen molar-refractivity contribution >= 4 is 30.0 Å². The number of amides is 2. The molecule has 10 heteroatoms. The van der Waals surface area contributed by atoms with Crippen LogP contribution < -0.4 is 20.7 Å². The van der Waals surface area contributed by atoms with Gasteiger partial charge in [-0.2, -0.15) is 13.2 Å². The number of rotatable bonds is 6. The molecule has 7 nitrogen and oxygen atoms in total. The number of carbonyl (C=O) groups is 2. The maximum Gasteiger partial charge on any atom is 0.416 e. The number of carbonyl (C=O) groups excluding carboxylic acids is 2. The molecule has 1 aromatic heterocycles. The summed E-state index contributed by atoms with van der Waals surface area (Å²) in [6.07, 6.45) is -3.96. The Morgan fingerprint density at radius 1 is 1.00 bits per heavy atom. The highest BCUT2D eigenvalue weighted by atomic mass is 19.4. The van der Waals surface area contributed by atoms with E-state index in [0.717, 1.165) is 16.7 Å². The lowest BCUT2D eigenvalue weighted by atomic mass is 10.1. The molecule has 0 atom stereocenters. The summed E-state index contributed by atoms with van der Waals surface area (Å²) in [5.41, 5.74) is -1.75. The highest BCUT2D eigenvalue weighted by Crippen LogP contribution is 2.34. The van der Waals surface area contributed by atoms with Crippen LogP contribution >= 0.6 is 0 Å². The minimum absolute atomic E-state index is 0.00300. The van der Waals surface area contributed by atoms with Crippen LogP contribution in [0.5, 0.6) is 0 Å². The first kappa shape index (κ1) is 20.2. The molecule has 2 amide bonds. The van der Waals surface area contributed by atoms with Gasteiger partial charge in [0.25, 0.3) is 5.56 Å². The van der Waals surface area contributed by atoms with E-state index < -0.39 is 17.3 Å². The third-order valence-electron chi connectivity index (χ3n) is 3.67. The van der Waals surface area contributed by atoms with Crippen LogP contribution in [0.2, 0.25) is 0 Å². The van der Waals surface area contributed by atoms with Crippen molar-refractivity contribution in [3.05, 3.63) is 46.2 Å². The molecule has 0 fully saturated rings. The molecule has 2 aromatic rings. The van der Waals surface area contributed by atoms with Crippen molar-refractivity contribution in [2.75, 3.05) is 31.8 Å². The second-order valence-electron chi connectivity index (χ2n) is 6.52. The Morgan fingerprint density at radius 2 is 1.59 bits per heavy atom. The van der Waals surface area contributed by atoms with Crippen LogP contribution in [0.25, 0.3) is 5.69 Å². The number of alkyl halides is 3. The summed E-state index contributed by atoms with van der Waals surface area (Å²) >= 11 is 0. The second kappa shape index (κ2) is 7.23. The van der Waals surface area contributed by atoms with Crippen LogP contribution in [0.1, 0.15) is 5.56 Å². The van der Waals surface area contributed by atoms with Crippen molar-refractivity contribution in [1.29, 1.82) is 0 Å². The van der Waals surface area contributed by atoms with Crippen molar-refractivity contribution in [2.24, 2.45) is 0 Å². The van der Waals surface area contributed by atoms with Gasteiger partial charge in [-0.25, -0.2) is 4.57 Å². The standard InChI is InChI=1S/C17H17F3N4O3/c1-24(2,3)15-13(21-9-25)8-14(22-10-26)16(27)23(15)12-6-4-5-11(7-12)17(18,19)20/h4-10H,1-3H3,(H-,21,22,25,26)/p+1. The predicted octanol–water partition coefficient (Wildman–Crippen LogP) is 2.19. The first-order valence-electron chi connectivity index (χ1n) is 7.70. The zero-order valence-electron chi connectivity index (χ0n) is 14.8. The quantitative estimate of drug-likeness (QED) is 0.593. The van der Waals surface area contributed by atoms with E-state index in [2.05, 4.69) is 10.6 Å². The van der Waals surface area contributed by atoms with Gasteiger partial charge < -0.3 is 10.6 Å². The minimum atomic E-state index is -4.60. The lowest BCUT2D eigenvalue weighted by molar-refractivity contribution is -0.137. The maximum atomic E-state index is 13.1. The Kier molecular flexibility index (Phi) is 5.41. The monoisotopic (exact) mass is 383 g/mol. The summed E-state index contributed by atoms with van der Waals surface area (Å²) in [6.45, 7) is 0. The molecular formula is C17H18F3N4O3+. The number of halogens is 3. The van der Waals surface area contributed by atoms with Crippen LogP contribution in [0.15, 0.2) is 35.1 Å². The molecule has 0 saturated carbocycles. The molecule has 0 spiro atoms. The van der Waals surface area contributed by atoms with E-state index in [9.17, 15) is 27.6 Å². The van der Waals surface area contributed by atoms with E-state index in [-0.39, 0.29) is 33.8 Å². The van der Waals surface area contributed by atoms with E-state index in [0.29, 0.717) is 6.41 Å². The molecular weight excluding hydrogens is 365 g/mol. The fraction of sp³-hybridized carbons (Fsp3) is 0.235. The van der Waals surface area contributed by atoms with Crippen molar-refractivity contribution in [3.8, 4) is 5.69 Å². The molecule has 1 aromatic carbocycles. The van der Waals surface area contributed by atoms with Crippen molar-refractivity contribution < 1.29 is 22.8 Å². The van der Waals surface area contributed by atoms with E-state index >= 15 is 0 Å². The SMILES string of the molecule is C[N+](C)(C)c1c(NC=O)cc(NC=O)c(=O)n1-c1cccc(C(F)(F)F)c1. The average Bonchev–Trinajstić information content (AvgIpc) is 2.56. The van der Waals surface area contributed by atoms with Gasteiger partial charge in [-0.05, 0) is 24.3 Å². The summed E-state index contributed by atoms with van der Waals surface area (Å²) in [5.74, 6) is 0.225. The second-order valence-corrected chi connectivity index (χ2v) is 6.52. The number of hydrogen-bond donors (Lipinski definition) is 2. The highest BCUT2D eigenvalue weighted by Gasteiger charge is 2.32. The summed E-state index contributed by atoms with van der Waals surface area (Å²) in [4.78, 5) is 34.7. The largest absolute Gasteiger partial charge is 0.416 e. The summed E-state index contributed by atoms with van der Waals surface area (Å²) in [5, 5.41) is 4.64. The number of anilines is 2. The van der Waals surface area contributed by atoms with Gasteiger partial charge in [0.15, 0.2) is 0 Å². The normalized spacial score (nSPS) is 11.8. The molecule has 0 aliphatic rings. The third kappa shape index (κ3) is 4.17. The molecule has 2 N–H and O–H groups in total. The fourth-order valence-electron chi connectivity index (χ4n) is 2.67. The summed E-state index contributed by atoms with van der Waals surface area (Å²) < 4.78 is 40.4. The first-order valence-corrected chi connectivity index (χ1v) is 7.70. The Bertz CT molecular complexity index is 930. The van der Waals surface area contributed by atoms with E-state index in [1.807, 2.05) is 0 Å². The van der Waals surface area contributed by atoms with E-state index in [4.69, 9.17) is 0 Å². The van der Waals surface area contributed by atoms with Crippen molar-refractivity contribution in [1.82, 2.24) is 9.05 Å². The Labute approximate surface area is 152 Å². The van der Waals surface area contributed by atoms with Gasteiger partial charge in [0, 0.05) is 0 Å². The molecule has 0 aliphatic carbocycles. The minimum Gasteiger partial charge on any atom is -0.324 e. The van der Waals surface area contributed by atoms with Crippen LogP contribution in [0.4, 0.5) is 30.4 Å². The molecule has 0 bridgehead atoms. The highest BCUT2D eigenvalue weighted by molar-refractivity contribution is 5.84. The van der Waals surface area contributed by atoms with Crippen LogP contribution in [0.3, 0.4) is 0 Å². The number of pyridine rings is 1. The fourth-order valence-corrected chi connectivity index (χ4v) is 2.67. The molecule has 0 aliphatic heterocycles. The lowest BCUT2D eigenvalue weighted by Crippen LogP contribution is -2.41. The molecule has 1 heterocycles. The zero-order valence-corrected chi connectivity index (χ0v) is 14.8.